The van der Waals surface area contributed by atoms with Crippen LogP contribution in [0.1, 0.15) is 12.8 Å². The summed E-state index contributed by atoms with van der Waals surface area (Å²) in [6, 6.07) is 9.97. The van der Waals surface area contributed by atoms with E-state index in [9.17, 15) is 4.79 Å². The molecule has 0 aliphatic carbocycles. The summed E-state index contributed by atoms with van der Waals surface area (Å²) in [7, 11) is 1.41. The molecule has 0 atom stereocenters. The van der Waals surface area contributed by atoms with E-state index < -0.39 is 0 Å². The number of hydrogen-bond donors (Lipinski definition) is 1. The van der Waals surface area contributed by atoms with Crippen LogP contribution in [0, 0.1) is 0 Å². The monoisotopic (exact) mass is 244 g/mol. The van der Waals surface area contributed by atoms with E-state index in [1.165, 1.54) is 7.11 Å². The molecule has 18 heavy (non-hydrogen) atoms. The molecule has 0 saturated heterocycles. The zero-order chi connectivity index (χ0) is 12.8. The molecule has 0 bridgehead atoms. The zero-order valence-corrected chi connectivity index (χ0v) is 10.3. The van der Waals surface area contributed by atoms with Crippen LogP contribution >= 0.6 is 0 Å². The fourth-order valence-corrected chi connectivity index (χ4v) is 1.80. The molecule has 1 heterocycles. The Morgan fingerprint density at radius 1 is 1.33 bits per heavy atom. The van der Waals surface area contributed by atoms with Crippen LogP contribution in [0.4, 0.5) is 5.69 Å². The number of aromatic nitrogens is 1. The molecule has 1 aromatic carbocycles. The summed E-state index contributed by atoms with van der Waals surface area (Å²) in [6.45, 7) is 0.727. The van der Waals surface area contributed by atoms with Gasteiger partial charge in [-0.2, -0.15) is 0 Å². The second-order valence-corrected chi connectivity index (χ2v) is 3.99. The summed E-state index contributed by atoms with van der Waals surface area (Å²) < 4.78 is 4.59. The van der Waals surface area contributed by atoms with E-state index in [2.05, 4.69) is 15.0 Å². The van der Waals surface area contributed by atoms with Gasteiger partial charge in [0.05, 0.1) is 18.3 Å². The third-order valence-corrected chi connectivity index (χ3v) is 2.73. The number of benzene rings is 1. The highest BCUT2D eigenvalue weighted by Gasteiger charge is 2.02. The van der Waals surface area contributed by atoms with Gasteiger partial charge in [-0.05, 0) is 18.6 Å². The number of methoxy groups -OCH3 is 1. The Hall–Kier alpha value is -2.10. The molecule has 0 aliphatic rings. The Bertz CT molecular complexity index is 535. The highest BCUT2D eigenvalue weighted by atomic mass is 16.5. The van der Waals surface area contributed by atoms with Crippen LogP contribution in [0.25, 0.3) is 10.9 Å². The second-order valence-electron chi connectivity index (χ2n) is 3.99. The van der Waals surface area contributed by atoms with Gasteiger partial charge < -0.3 is 10.1 Å². The summed E-state index contributed by atoms with van der Waals surface area (Å²) in [4.78, 5) is 15.3. The van der Waals surface area contributed by atoms with Crippen LogP contribution in [0.15, 0.2) is 36.5 Å². The number of ether oxygens (including phenoxy) is 1. The molecule has 2 aromatic rings. The summed E-state index contributed by atoms with van der Waals surface area (Å²) in [5.74, 6) is -0.173. The maximum atomic E-state index is 11.0. The van der Waals surface area contributed by atoms with E-state index in [1.54, 1.807) is 6.20 Å². The lowest BCUT2D eigenvalue weighted by molar-refractivity contribution is -0.140. The summed E-state index contributed by atoms with van der Waals surface area (Å²) in [5.41, 5.74) is 1.95. The van der Waals surface area contributed by atoms with Gasteiger partial charge in [-0.3, -0.25) is 9.78 Å². The molecule has 1 N–H and O–H groups in total. The first-order valence-electron chi connectivity index (χ1n) is 5.95. The van der Waals surface area contributed by atoms with Crippen LogP contribution < -0.4 is 5.32 Å². The number of carbonyl (C=O) groups is 1. The topological polar surface area (TPSA) is 51.2 Å². The Kier molecular flexibility index (Phi) is 4.12. The molecule has 0 fully saturated rings. The number of para-hydroxylation sites is 1. The average Bonchev–Trinajstić information content (AvgIpc) is 2.43. The van der Waals surface area contributed by atoms with Crippen molar-refractivity contribution in [2.45, 2.75) is 12.8 Å². The first kappa shape index (κ1) is 12.4. The Balaban J connectivity index is 1.97. The molecule has 0 saturated carbocycles. The minimum atomic E-state index is -0.173. The van der Waals surface area contributed by atoms with Crippen molar-refractivity contribution in [1.82, 2.24) is 4.98 Å². The summed E-state index contributed by atoms with van der Waals surface area (Å²) in [6.07, 6.45) is 2.96. The van der Waals surface area contributed by atoms with Crippen LogP contribution in [0.3, 0.4) is 0 Å². The number of fused-ring (bicyclic) bond motifs is 1. The molecule has 4 heteroatoms. The minimum absolute atomic E-state index is 0.173. The normalized spacial score (nSPS) is 10.3. The van der Waals surface area contributed by atoms with E-state index in [-0.39, 0.29) is 5.97 Å². The quantitative estimate of drug-likeness (QED) is 0.649. The third kappa shape index (κ3) is 2.97. The fraction of sp³-hybridized carbons (Fsp3) is 0.286. The van der Waals surface area contributed by atoms with Gasteiger partial charge in [-0.15, -0.1) is 0 Å². The van der Waals surface area contributed by atoms with Crippen LogP contribution in [0.2, 0.25) is 0 Å². The van der Waals surface area contributed by atoms with Crippen molar-refractivity contribution in [2.24, 2.45) is 0 Å². The SMILES string of the molecule is COC(=O)CCCNc1cccc2cccnc12. The van der Waals surface area contributed by atoms with Gasteiger partial charge in [0, 0.05) is 24.5 Å². The van der Waals surface area contributed by atoms with Crippen LogP contribution in [-0.2, 0) is 9.53 Å². The maximum Gasteiger partial charge on any atom is 0.305 e. The number of esters is 1. The Labute approximate surface area is 106 Å². The summed E-state index contributed by atoms with van der Waals surface area (Å²) >= 11 is 0. The number of pyridine rings is 1. The van der Waals surface area contributed by atoms with Gasteiger partial charge in [-0.1, -0.05) is 18.2 Å². The van der Waals surface area contributed by atoms with Crippen molar-refractivity contribution < 1.29 is 9.53 Å². The van der Waals surface area contributed by atoms with E-state index >= 15 is 0 Å². The number of hydrogen-bond acceptors (Lipinski definition) is 4. The van der Waals surface area contributed by atoms with E-state index in [0.29, 0.717) is 6.42 Å². The van der Waals surface area contributed by atoms with Crippen molar-refractivity contribution in [3.8, 4) is 0 Å². The standard InChI is InChI=1S/C14H16N2O2/c1-18-13(17)8-4-9-15-12-7-2-5-11-6-3-10-16-14(11)12/h2-3,5-7,10,15H,4,8-9H2,1H3. The molecular weight excluding hydrogens is 228 g/mol. The number of anilines is 1. The van der Waals surface area contributed by atoms with Gasteiger partial charge in [0.2, 0.25) is 0 Å². The number of rotatable bonds is 5. The van der Waals surface area contributed by atoms with Crippen molar-refractivity contribution in [1.29, 1.82) is 0 Å². The smallest absolute Gasteiger partial charge is 0.305 e. The molecule has 2 rings (SSSR count). The first-order valence-corrected chi connectivity index (χ1v) is 5.95. The van der Waals surface area contributed by atoms with E-state index in [0.717, 1.165) is 29.6 Å². The first-order chi connectivity index (χ1) is 8.81. The minimum Gasteiger partial charge on any atom is -0.469 e. The van der Waals surface area contributed by atoms with Crippen LogP contribution in [-0.4, -0.2) is 24.6 Å². The van der Waals surface area contributed by atoms with Crippen molar-refractivity contribution in [3.05, 3.63) is 36.5 Å². The van der Waals surface area contributed by atoms with E-state index in [4.69, 9.17) is 0 Å². The largest absolute Gasteiger partial charge is 0.469 e. The molecule has 4 nitrogen and oxygen atoms in total. The Morgan fingerprint density at radius 2 is 2.17 bits per heavy atom. The lowest BCUT2D eigenvalue weighted by Gasteiger charge is -2.08. The van der Waals surface area contributed by atoms with Gasteiger partial charge in [0.25, 0.3) is 0 Å². The molecule has 1 aromatic heterocycles. The van der Waals surface area contributed by atoms with Crippen molar-refractivity contribution in [3.63, 3.8) is 0 Å². The molecule has 0 amide bonds. The van der Waals surface area contributed by atoms with Gasteiger partial charge >= 0.3 is 5.97 Å². The number of nitrogens with one attached hydrogen (secondary N) is 1. The van der Waals surface area contributed by atoms with Gasteiger partial charge in [0.1, 0.15) is 0 Å². The molecule has 0 spiro atoms. The maximum absolute atomic E-state index is 11.0. The molecule has 0 unspecified atom stereocenters. The van der Waals surface area contributed by atoms with Crippen molar-refractivity contribution in [2.75, 3.05) is 19.0 Å². The third-order valence-electron chi connectivity index (χ3n) is 2.73. The van der Waals surface area contributed by atoms with E-state index in [1.807, 2.05) is 30.3 Å². The molecule has 0 aliphatic heterocycles. The predicted octanol–water partition coefficient (Wildman–Crippen LogP) is 2.60. The molecule has 94 valence electrons. The highest BCUT2D eigenvalue weighted by molar-refractivity contribution is 5.90. The van der Waals surface area contributed by atoms with Gasteiger partial charge in [0.15, 0.2) is 0 Å². The highest BCUT2D eigenvalue weighted by Crippen LogP contribution is 2.20. The fourth-order valence-electron chi connectivity index (χ4n) is 1.80. The lowest BCUT2D eigenvalue weighted by atomic mass is 10.2. The van der Waals surface area contributed by atoms with Gasteiger partial charge in [-0.25, -0.2) is 0 Å². The lowest BCUT2D eigenvalue weighted by Crippen LogP contribution is -2.07. The zero-order valence-electron chi connectivity index (χ0n) is 10.3. The Morgan fingerprint density at radius 3 is 3.00 bits per heavy atom. The van der Waals surface area contributed by atoms with Crippen LogP contribution in [0.5, 0.6) is 0 Å². The molecule has 0 radical (unpaired) electrons. The summed E-state index contributed by atoms with van der Waals surface area (Å²) in [5, 5.41) is 4.40. The van der Waals surface area contributed by atoms with Crippen molar-refractivity contribution >= 4 is 22.6 Å². The number of nitrogens with zero attached hydrogens (tertiary/aromatic N) is 1. The predicted molar refractivity (Wildman–Crippen MR) is 71.5 cm³/mol. The molecular formula is C14H16N2O2. The number of carbonyl (C=O) groups excluding carboxylic acids is 1. The average molecular weight is 244 g/mol. The second kappa shape index (κ2) is 6.00.